The molecule has 1 nitrogen and oxygen atoms in total. The number of allylic oxidation sites excluding steroid dienone is 4. The topological polar surface area (TPSA) is 12.0 Å². The van der Waals surface area contributed by atoms with E-state index in [0.29, 0.717) is 0 Å². The minimum absolute atomic E-state index is 1.17. The Morgan fingerprint density at radius 1 is 0.632 bits per heavy atom. The Hall–Kier alpha value is -2.54. The maximum absolute atomic E-state index is 3.30. The highest BCUT2D eigenvalue weighted by Crippen LogP contribution is 2.39. The summed E-state index contributed by atoms with van der Waals surface area (Å²) >= 11 is 0. The predicted octanol–water partition coefficient (Wildman–Crippen LogP) is 4.56. The van der Waals surface area contributed by atoms with Crippen LogP contribution < -0.4 is 5.32 Å². The second-order valence-electron chi connectivity index (χ2n) is 4.77. The molecule has 90 valence electrons. The van der Waals surface area contributed by atoms with Crippen molar-refractivity contribution in [1.82, 2.24) is 0 Å². The molecule has 1 N–H and O–H groups in total. The molecule has 2 aromatic carbocycles. The molecular weight excluding hydrogens is 230 g/mol. The lowest BCUT2D eigenvalue weighted by Gasteiger charge is -2.17. The van der Waals surface area contributed by atoms with Crippen LogP contribution in [0.15, 0.2) is 66.9 Å². The van der Waals surface area contributed by atoms with Crippen molar-refractivity contribution >= 4 is 22.9 Å². The van der Waals surface area contributed by atoms with Crippen LogP contribution in [0.5, 0.6) is 0 Å². The second-order valence-corrected chi connectivity index (χ2v) is 4.77. The van der Waals surface area contributed by atoms with Crippen molar-refractivity contribution in [1.29, 1.82) is 0 Å². The summed E-state index contributed by atoms with van der Waals surface area (Å²) < 4.78 is 0. The molecule has 2 aliphatic rings. The average molecular weight is 243 g/mol. The van der Waals surface area contributed by atoms with Gasteiger partial charge in [-0.2, -0.15) is 0 Å². The van der Waals surface area contributed by atoms with Crippen LogP contribution in [0.1, 0.15) is 16.7 Å². The molecule has 0 fully saturated rings. The Kier molecular flexibility index (Phi) is 2.18. The summed E-state index contributed by atoms with van der Waals surface area (Å²) in [5.74, 6) is 0. The normalized spacial score (nSPS) is 18.9. The monoisotopic (exact) mass is 243 g/mol. The predicted molar refractivity (Wildman–Crippen MR) is 81.5 cm³/mol. The lowest BCUT2D eigenvalue weighted by Crippen LogP contribution is -2.00. The van der Waals surface area contributed by atoms with Gasteiger partial charge in [-0.15, -0.1) is 0 Å². The quantitative estimate of drug-likeness (QED) is 0.715. The number of fused-ring (bicyclic) bond motifs is 2. The average Bonchev–Trinajstić information content (AvgIpc) is 2.90. The van der Waals surface area contributed by atoms with Gasteiger partial charge in [0.1, 0.15) is 0 Å². The molecule has 1 heterocycles. The van der Waals surface area contributed by atoms with Crippen LogP contribution in [0.3, 0.4) is 0 Å². The number of benzene rings is 2. The summed E-state index contributed by atoms with van der Waals surface area (Å²) in [5.41, 5.74) is 7.65. The molecule has 0 spiro atoms. The van der Waals surface area contributed by atoms with Gasteiger partial charge in [-0.1, -0.05) is 54.6 Å². The number of nitrogens with one attached hydrogen (secondary N) is 1. The molecule has 0 bridgehead atoms. The maximum Gasteiger partial charge on any atom is 0.0459 e. The van der Waals surface area contributed by atoms with E-state index in [2.05, 4.69) is 72.1 Å². The van der Waals surface area contributed by atoms with E-state index in [1.54, 1.807) is 0 Å². The fourth-order valence-corrected chi connectivity index (χ4v) is 2.77. The minimum Gasteiger partial charge on any atom is -0.361 e. The Bertz CT molecular complexity index is 748. The van der Waals surface area contributed by atoms with E-state index in [1.165, 1.54) is 33.5 Å². The first-order valence-corrected chi connectivity index (χ1v) is 6.48. The standard InChI is InChI=1S/C18H13N/c1-2-6-14-13(5-1)9-10-15(14)16-11-12-19-18-8-4-3-7-17(16)18/h1-12,19H/b16-15+. The maximum atomic E-state index is 3.30. The Labute approximate surface area is 112 Å². The van der Waals surface area contributed by atoms with Gasteiger partial charge in [-0.3, -0.25) is 0 Å². The fourth-order valence-electron chi connectivity index (χ4n) is 2.77. The molecule has 0 unspecified atom stereocenters. The Morgan fingerprint density at radius 2 is 1.37 bits per heavy atom. The highest BCUT2D eigenvalue weighted by Gasteiger charge is 2.17. The van der Waals surface area contributed by atoms with Gasteiger partial charge < -0.3 is 5.32 Å². The van der Waals surface area contributed by atoms with Crippen molar-refractivity contribution in [2.45, 2.75) is 0 Å². The highest BCUT2D eigenvalue weighted by atomic mass is 14.8. The van der Waals surface area contributed by atoms with E-state index in [1.807, 2.05) is 6.20 Å². The van der Waals surface area contributed by atoms with E-state index in [4.69, 9.17) is 0 Å². The number of hydrogen-bond acceptors (Lipinski definition) is 1. The third kappa shape index (κ3) is 1.55. The van der Waals surface area contributed by atoms with Crippen LogP contribution in [0.2, 0.25) is 0 Å². The first-order chi connectivity index (χ1) is 9.43. The molecule has 1 heteroatoms. The fraction of sp³-hybridized carbons (Fsp3) is 0. The lowest BCUT2D eigenvalue weighted by atomic mass is 9.93. The minimum atomic E-state index is 1.17. The number of para-hydroxylation sites is 1. The molecule has 0 saturated heterocycles. The third-order valence-corrected chi connectivity index (χ3v) is 3.68. The largest absolute Gasteiger partial charge is 0.361 e. The smallest absolute Gasteiger partial charge is 0.0459 e. The Morgan fingerprint density at radius 3 is 2.32 bits per heavy atom. The molecule has 0 aromatic heterocycles. The van der Waals surface area contributed by atoms with Crippen LogP contribution in [-0.4, -0.2) is 0 Å². The van der Waals surface area contributed by atoms with Crippen LogP contribution in [0.25, 0.3) is 17.2 Å². The number of rotatable bonds is 0. The summed E-state index contributed by atoms with van der Waals surface area (Å²) in [6.45, 7) is 0. The first-order valence-electron chi connectivity index (χ1n) is 6.48. The van der Waals surface area contributed by atoms with Crippen molar-refractivity contribution in [2.75, 3.05) is 5.32 Å². The summed E-state index contributed by atoms with van der Waals surface area (Å²) in [5, 5.41) is 3.30. The summed E-state index contributed by atoms with van der Waals surface area (Å²) in [4.78, 5) is 0. The van der Waals surface area contributed by atoms with Gasteiger partial charge in [0.2, 0.25) is 0 Å². The molecule has 0 radical (unpaired) electrons. The van der Waals surface area contributed by atoms with E-state index >= 15 is 0 Å². The van der Waals surface area contributed by atoms with Gasteiger partial charge in [0.05, 0.1) is 0 Å². The van der Waals surface area contributed by atoms with E-state index < -0.39 is 0 Å². The molecule has 19 heavy (non-hydrogen) atoms. The van der Waals surface area contributed by atoms with Gasteiger partial charge in [-0.05, 0) is 34.4 Å². The number of anilines is 1. The summed E-state index contributed by atoms with van der Waals surface area (Å²) in [6, 6.07) is 17.0. The first kappa shape index (κ1) is 10.4. The molecule has 2 aromatic rings. The zero-order chi connectivity index (χ0) is 12.7. The van der Waals surface area contributed by atoms with Crippen LogP contribution in [-0.2, 0) is 0 Å². The molecule has 1 aliphatic carbocycles. The molecular formula is C18H13N. The third-order valence-electron chi connectivity index (χ3n) is 3.68. The lowest BCUT2D eigenvalue weighted by molar-refractivity contribution is 1.49. The van der Waals surface area contributed by atoms with Gasteiger partial charge >= 0.3 is 0 Å². The second kappa shape index (κ2) is 3.99. The Balaban J connectivity index is 1.99. The van der Waals surface area contributed by atoms with Crippen molar-refractivity contribution in [3.05, 3.63) is 83.6 Å². The molecule has 4 rings (SSSR count). The van der Waals surface area contributed by atoms with Gasteiger partial charge in [0.15, 0.2) is 0 Å². The van der Waals surface area contributed by atoms with E-state index in [-0.39, 0.29) is 0 Å². The zero-order valence-electron chi connectivity index (χ0n) is 10.4. The van der Waals surface area contributed by atoms with Crippen LogP contribution >= 0.6 is 0 Å². The van der Waals surface area contributed by atoms with Gasteiger partial charge in [-0.25, -0.2) is 0 Å². The highest BCUT2D eigenvalue weighted by molar-refractivity contribution is 6.08. The summed E-state index contributed by atoms with van der Waals surface area (Å²) in [6.07, 6.45) is 8.58. The van der Waals surface area contributed by atoms with E-state index in [0.717, 1.165) is 0 Å². The van der Waals surface area contributed by atoms with Crippen LogP contribution in [0, 0.1) is 0 Å². The SMILES string of the molecule is C1=C/C(=C2/C=Cc3ccccc32)c2ccccc2N1. The molecule has 1 aliphatic heterocycles. The van der Waals surface area contributed by atoms with E-state index in [9.17, 15) is 0 Å². The van der Waals surface area contributed by atoms with Gasteiger partial charge in [0, 0.05) is 17.5 Å². The van der Waals surface area contributed by atoms with Crippen molar-refractivity contribution in [3.8, 4) is 0 Å². The number of hydrogen-bond donors (Lipinski definition) is 1. The molecule has 0 atom stereocenters. The van der Waals surface area contributed by atoms with Crippen LogP contribution in [0.4, 0.5) is 5.69 Å². The zero-order valence-corrected chi connectivity index (χ0v) is 10.4. The van der Waals surface area contributed by atoms with Crippen molar-refractivity contribution in [2.24, 2.45) is 0 Å². The van der Waals surface area contributed by atoms with Crippen molar-refractivity contribution in [3.63, 3.8) is 0 Å². The molecule has 0 saturated carbocycles. The van der Waals surface area contributed by atoms with Gasteiger partial charge in [0.25, 0.3) is 0 Å². The molecule has 0 amide bonds. The summed E-state index contributed by atoms with van der Waals surface area (Å²) in [7, 11) is 0. The van der Waals surface area contributed by atoms with Crippen molar-refractivity contribution < 1.29 is 0 Å².